The molecule has 10 heteroatoms. The summed E-state index contributed by atoms with van der Waals surface area (Å²) >= 11 is 9.70. The average molecular weight is 537 g/mol. The van der Waals surface area contributed by atoms with Gasteiger partial charge in [-0.25, -0.2) is 9.37 Å². The van der Waals surface area contributed by atoms with E-state index in [-0.39, 0.29) is 41.8 Å². The maximum absolute atomic E-state index is 15.6. The van der Waals surface area contributed by atoms with Gasteiger partial charge in [0.05, 0.1) is 46.9 Å². The zero-order chi connectivity index (χ0) is 23.3. The second-order valence-electron chi connectivity index (χ2n) is 8.85. The molecule has 7 nitrogen and oxygen atoms in total. The number of fused-ring (bicyclic) bond motifs is 1. The van der Waals surface area contributed by atoms with Crippen molar-refractivity contribution in [3.8, 4) is 0 Å². The van der Waals surface area contributed by atoms with Gasteiger partial charge in [0.15, 0.2) is 5.82 Å². The number of aryl methyl sites for hydroxylation is 1. The van der Waals surface area contributed by atoms with E-state index in [1.165, 1.54) is 6.33 Å². The van der Waals surface area contributed by atoms with Gasteiger partial charge in [0.25, 0.3) is 5.91 Å². The summed E-state index contributed by atoms with van der Waals surface area (Å²) in [6.45, 7) is 1.27. The van der Waals surface area contributed by atoms with Crippen LogP contribution in [0.2, 0.25) is 5.02 Å². The van der Waals surface area contributed by atoms with Gasteiger partial charge < -0.3 is 25.2 Å². The Kier molecular flexibility index (Phi) is 5.84. The van der Waals surface area contributed by atoms with Crippen molar-refractivity contribution in [2.75, 3.05) is 25.0 Å². The predicted octanol–water partition coefficient (Wildman–Crippen LogP) is 4.20. The van der Waals surface area contributed by atoms with E-state index in [4.69, 9.17) is 11.6 Å². The van der Waals surface area contributed by atoms with Crippen molar-refractivity contribution in [2.24, 2.45) is 7.05 Å². The molecule has 1 unspecified atom stereocenters. The summed E-state index contributed by atoms with van der Waals surface area (Å²) < 4.78 is 18.1. The molecule has 0 aliphatic carbocycles. The molecule has 3 N–H and O–H groups in total. The Morgan fingerprint density at radius 1 is 1.36 bits per heavy atom. The molecule has 0 bridgehead atoms. The molecule has 0 spiro atoms. The minimum absolute atomic E-state index is 0.0154. The summed E-state index contributed by atoms with van der Waals surface area (Å²) in [4.78, 5) is 19.2. The second kappa shape index (κ2) is 8.54. The van der Waals surface area contributed by atoms with Gasteiger partial charge in [-0.2, -0.15) is 0 Å². The lowest BCUT2D eigenvalue weighted by Crippen LogP contribution is -2.72. The number of anilines is 2. The van der Waals surface area contributed by atoms with Crippen LogP contribution in [0.1, 0.15) is 29.6 Å². The van der Waals surface area contributed by atoms with Crippen molar-refractivity contribution in [1.82, 2.24) is 19.8 Å². The first kappa shape index (κ1) is 22.6. The Morgan fingerprint density at radius 3 is 2.85 bits per heavy atom. The number of nitrogens with zero attached hydrogens (tertiary/aromatic N) is 3. The summed E-state index contributed by atoms with van der Waals surface area (Å²) in [5, 5.41) is 17.8. The lowest BCUT2D eigenvalue weighted by molar-refractivity contribution is -0.108. The van der Waals surface area contributed by atoms with E-state index in [0.717, 1.165) is 30.3 Å². The molecule has 3 heterocycles. The molecule has 2 saturated heterocycles. The third-order valence-electron chi connectivity index (χ3n) is 6.56. The number of amides is 1. The molecule has 1 aromatic heterocycles. The zero-order valence-corrected chi connectivity index (χ0v) is 20.4. The van der Waals surface area contributed by atoms with Crippen LogP contribution in [-0.4, -0.2) is 56.7 Å². The molecular formula is C23H24BrClFN5O2. The van der Waals surface area contributed by atoms with Crippen LogP contribution < -0.4 is 10.6 Å². The first-order valence-corrected chi connectivity index (χ1v) is 12.0. The highest BCUT2D eigenvalue weighted by Gasteiger charge is 2.49. The fraction of sp³-hybridized carbons (Fsp3) is 0.391. The quantitative estimate of drug-likeness (QED) is 0.466. The number of halogens is 3. The van der Waals surface area contributed by atoms with Crippen molar-refractivity contribution in [3.63, 3.8) is 0 Å². The van der Waals surface area contributed by atoms with Crippen LogP contribution in [0.15, 0.2) is 35.1 Å². The van der Waals surface area contributed by atoms with E-state index in [1.807, 2.05) is 0 Å². The average Bonchev–Trinajstić information content (AvgIpc) is 3.16. The molecule has 1 atom stereocenters. The monoisotopic (exact) mass is 535 g/mol. The van der Waals surface area contributed by atoms with Gasteiger partial charge in [-0.1, -0.05) is 34.0 Å². The van der Waals surface area contributed by atoms with Crippen molar-refractivity contribution in [1.29, 1.82) is 0 Å². The summed E-state index contributed by atoms with van der Waals surface area (Å²) in [5.74, 6) is -0.978. The number of carbonyl (C=O) groups is 1. The maximum Gasteiger partial charge on any atom is 0.256 e. The number of hydrogen-bond donors (Lipinski definition) is 3. The molecule has 3 aromatic rings. The number of rotatable bonds is 4. The fourth-order valence-corrected chi connectivity index (χ4v) is 5.42. The third kappa shape index (κ3) is 4.01. The normalized spacial score (nSPS) is 20.0. The molecule has 0 saturated carbocycles. The van der Waals surface area contributed by atoms with Gasteiger partial charge >= 0.3 is 0 Å². The van der Waals surface area contributed by atoms with E-state index in [0.29, 0.717) is 16.2 Å². The molecule has 33 heavy (non-hydrogen) atoms. The largest absolute Gasteiger partial charge is 0.385 e. The summed E-state index contributed by atoms with van der Waals surface area (Å²) in [6.07, 6.45) is 4.53. The van der Waals surface area contributed by atoms with Crippen LogP contribution >= 0.6 is 27.5 Å². The molecule has 2 aliphatic heterocycles. The Labute approximate surface area is 204 Å². The van der Waals surface area contributed by atoms with Crippen molar-refractivity contribution < 1.29 is 14.3 Å². The van der Waals surface area contributed by atoms with E-state index < -0.39 is 11.4 Å². The number of hydrogen-bond acceptors (Lipinski definition) is 5. The van der Waals surface area contributed by atoms with Crippen molar-refractivity contribution in [2.45, 2.75) is 30.9 Å². The van der Waals surface area contributed by atoms with Crippen LogP contribution in [0.4, 0.5) is 15.8 Å². The molecule has 174 valence electrons. The number of nitrogens with one attached hydrogen (secondary N) is 2. The molecule has 2 aliphatic rings. The highest BCUT2D eigenvalue weighted by molar-refractivity contribution is 9.10. The van der Waals surface area contributed by atoms with E-state index in [2.05, 4.69) is 31.5 Å². The van der Waals surface area contributed by atoms with Crippen LogP contribution in [-0.2, 0) is 7.05 Å². The Hall–Kier alpha value is -2.20. The summed E-state index contributed by atoms with van der Waals surface area (Å²) in [5.41, 5.74) is 0.357. The van der Waals surface area contributed by atoms with Crippen LogP contribution in [0.3, 0.4) is 0 Å². The number of aromatic nitrogens is 2. The highest BCUT2D eigenvalue weighted by atomic mass is 79.9. The molecule has 0 radical (unpaired) electrons. The zero-order valence-electron chi connectivity index (χ0n) is 18.0. The maximum atomic E-state index is 15.6. The second-order valence-corrected chi connectivity index (χ2v) is 10.2. The standard InChI is InChI=1S/C23H24BrClFN5O2/c1-30-12-28-21-17(30)9-14(20(19(21)26)29-16-6-5-13(24)8-15(16)25)22(32)31-10-23(33,11-31)18-4-2-3-7-27-18/h5-6,8-9,12,18,27,29,33H,2-4,7,10-11H2,1H3. The first-order valence-electron chi connectivity index (χ1n) is 10.9. The molecule has 2 fully saturated rings. The van der Waals surface area contributed by atoms with Gasteiger partial charge in [0.2, 0.25) is 0 Å². The Bertz CT molecular complexity index is 1240. The predicted molar refractivity (Wildman–Crippen MR) is 130 cm³/mol. The topological polar surface area (TPSA) is 82.4 Å². The van der Waals surface area contributed by atoms with Gasteiger partial charge in [0.1, 0.15) is 11.1 Å². The number of benzene rings is 2. The number of piperidine rings is 1. The molecule has 2 aromatic carbocycles. The fourth-order valence-electron chi connectivity index (χ4n) is 4.70. The summed E-state index contributed by atoms with van der Waals surface area (Å²) in [6, 6.07) is 6.78. The van der Waals surface area contributed by atoms with Crippen molar-refractivity contribution in [3.05, 3.63) is 51.5 Å². The molecule has 1 amide bonds. The van der Waals surface area contributed by atoms with Gasteiger partial charge in [-0.05, 0) is 43.7 Å². The first-order chi connectivity index (χ1) is 15.8. The minimum atomic E-state index is -0.964. The van der Waals surface area contributed by atoms with E-state index in [1.54, 1.807) is 40.8 Å². The Morgan fingerprint density at radius 2 is 2.15 bits per heavy atom. The number of likely N-dealkylation sites (tertiary alicyclic amines) is 1. The third-order valence-corrected chi connectivity index (χ3v) is 7.36. The van der Waals surface area contributed by atoms with Crippen LogP contribution in [0, 0.1) is 5.82 Å². The van der Waals surface area contributed by atoms with Gasteiger partial charge in [0, 0.05) is 17.6 Å². The smallest absolute Gasteiger partial charge is 0.256 e. The number of aliphatic hydroxyl groups is 1. The molecular weight excluding hydrogens is 513 g/mol. The van der Waals surface area contributed by atoms with Crippen LogP contribution in [0.5, 0.6) is 0 Å². The SMILES string of the molecule is Cn1cnc2c(F)c(Nc3ccc(Br)cc3Cl)c(C(=O)N3CC(O)(C4CCCCN4)C3)cc21. The molecule has 5 rings (SSSR count). The Balaban J connectivity index is 1.49. The van der Waals surface area contributed by atoms with E-state index >= 15 is 4.39 Å². The number of imidazole rings is 1. The number of carbonyl (C=O) groups excluding carboxylic acids is 1. The van der Waals surface area contributed by atoms with E-state index in [9.17, 15) is 9.90 Å². The van der Waals surface area contributed by atoms with Gasteiger partial charge in [-0.15, -0.1) is 0 Å². The van der Waals surface area contributed by atoms with Crippen LogP contribution in [0.25, 0.3) is 11.0 Å². The van der Waals surface area contributed by atoms with Crippen molar-refractivity contribution >= 4 is 55.8 Å². The minimum Gasteiger partial charge on any atom is -0.385 e. The van der Waals surface area contributed by atoms with Gasteiger partial charge in [-0.3, -0.25) is 4.79 Å². The summed E-state index contributed by atoms with van der Waals surface area (Å²) in [7, 11) is 1.75. The lowest BCUT2D eigenvalue weighted by atomic mass is 9.81. The highest BCUT2D eigenvalue weighted by Crippen LogP contribution is 2.37. The number of β-amino-alcohol motifs (C(OH)–C–C–N with tert-alkyl or cyclic N) is 1. The lowest BCUT2D eigenvalue weighted by Gasteiger charge is -2.51.